The van der Waals surface area contributed by atoms with E-state index < -0.39 is 26.2 Å². The van der Waals surface area contributed by atoms with Crippen molar-refractivity contribution in [1.29, 1.82) is 0 Å². The van der Waals surface area contributed by atoms with Crippen LogP contribution < -0.4 is 0 Å². The van der Waals surface area contributed by atoms with Gasteiger partial charge in [0, 0.05) is 27.9 Å². The first-order valence-electron chi connectivity index (χ1n) is 5.44. The fourth-order valence-corrected chi connectivity index (χ4v) is 9.59. The summed E-state index contributed by atoms with van der Waals surface area (Å²) in [7, 11) is -4.23. The van der Waals surface area contributed by atoms with E-state index in [9.17, 15) is 4.80 Å². The van der Waals surface area contributed by atoms with E-state index in [0.29, 0.717) is 0 Å². The van der Waals surface area contributed by atoms with Crippen LogP contribution >= 0.6 is 0 Å². The van der Waals surface area contributed by atoms with Crippen molar-refractivity contribution < 1.29 is 26.3 Å². The summed E-state index contributed by atoms with van der Waals surface area (Å²) < 4.78 is 26.5. The third-order valence-electron chi connectivity index (χ3n) is 2.51. The Hall–Kier alpha value is 0.411. The highest BCUT2D eigenvalue weighted by Crippen LogP contribution is 2.22. The summed E-state index contributed by atoms with van der Waals surface area (Å²) in [6.45, 7) is 7.93. The molecule has 1 N–H and O–H groups in total. The van der Waals surface area contributed by atoms with Gasteiger partial charge < -0.3 is 26.3 Å². The molecule has 0 rings (SSSR count). The van der Waals surface area contributed by atoms with Gasteiger partial charge in [0.25, 0.3) is 0 Å². The first kappa shape index (κ1) is 17.4. The van der Waals surface area contributed by atoms with Gasteiger partial charge >= 0.3 is 17.9 Å². The summed E-state index contributed by atoms with van der Waals surface area (Å²) >= 11 is 0. The number of rotatable bonds is 8. The molecule has 0 aromatic heterocycles. The molecule has 0 aliphatic heterocycles. The molecule has 0 heterocycles. The summed E-state index contributed by atoms with van der Waals surface area (Å²) in [5.41, 5.74) is 0. The minimum absolute atomic E-state index is 0.933. The molecule has 0 fully saturated rings. The Morgan fingerprint density at radius 1 is 0.882 bits per heavy atom. The Balaban J connectivity index is 4.79. The molecule has 0 aromatic rings. The summed E-state index contributed by atoms with van der Waals surface area (Å²) in [5.74, 6) is 0. The second kappa shape index (κ2) is 6.54. The van der Waals surface area contributed by atoms with Crippen molar-refractivity contribution in [2.75, 3.05) is 21.3 Å². The highest BCUT2D eigenvalue weighted by molar-refractivity contribution is 6.82. The van der Waals surface area contributed by atoms with E-state index in [0.717, 1.165) is 6.04 Å². The van der Waals surface area contributed by atoms with Gasteiger partial charge in [-0.1, -0.05) is 6.92 Å². The molecule has 9 heteroatoms. The van der Waals surface area contributed by atoms with Crippen LogP contribution in [-0.4, -0.2) is 52.3 Å². The average Bonchev–Trinajstić information content (AvgIpc) is 2.28. The molecule has 0 bridgehead atoms. The molecule has 0 amide bonds. The number of hydrogen-bond acceptors (Lipinski definition) is 6. The van der Waals surface area contributed by atoms with Crippen molar-refractivity contribution in [1.82, 2.24) is 0 Å². The quantitative estimate of drug-likeness (QED) is 0.679. The molecule has 0 aliphatic rings. The largest absolute Gasteiger partial charge is 0.668 e. The van der Waals surface area contributed by atoms with E-state index >= 15 is 0 Å². The number of hydrogen-bond donors (Lipinski definition) is 1. The molecule has 0 saturated carbocycles. The van der Waals surface area contributed by atoms with Gasteiger partial charge in [0.2, 0.25) is 0 Å². The van der Waals surface area contributed by atoms with Gasteiger partial charge in [-0.15, -0.1) is 0 Å². The Morgan fingerprint density at radius 3 is 1.65 bits per heavy atom. The molecule has 0 spiro atoms. The lowest BCUT2D eigenvalue weighted by atomic mass is 11.0. The molecule has 1 unspecified atom stereocenters. The molecule has 104 valence electrons. The highest BCUT2D eigenvalue weighted by atomic mass is 28.5. The van der Waals surface area contributed by atoms with Crippen LogP contribution in [0, 0.1) is 0 Å². The molecule has 17 heavy (non-hydrogen) atoms. The molecular formula is C8H24O6Si3. The second-order valence-corrected chi connectivity index (χ2v) is 14.2. The van der Waals surface area contributed by atoms with Crippen LogP contribution in [0.5, 0.6) is 0 Å². The molecule has 0 aromatic carbocycles. The zero-order chi connectivity index (χ0) is 13.7. The lowest BCUT2D eigenvalue weighted by Crippen LogP contribution is -2.59. The van der Waals surface area contributed by atoms with E-state index in [1.807, 2.05) is 0 Å². The Labute approximate surface area is 107 Å². The van der Waals surface area contributed by atoms with Crippen LogP contribution in [0.2, 0.25) is 25.7 Å². The van der Waals surface area contributed by atoms with Crippen molar-refractivity contribution in [2.24, 2.45) is 0 Å². The zero-order valence-electron chi connectivity index (χ0n) is 11.7. The predicted molar refractivity (Wildman–Crippen MR) is 70.8 cm³/mol. The fourth-order valence-electron chi connectivity index (χ4n) is 1.08. The predicted octanol–water partition coefficient (Wildman–Crippen LogP) is 1.18. The van der Waals surface area contributed by atoms with Crippen LogP contribution in [0.4, 0.5) is 0 Å². The van der Waals surface area contributed by atoms with Gasteiger partial charge in [-0.3, -0.25) is 0 Å². The average molecular weight is 301 g/mol. The summed E-state index contributed by atoms with van der Waals surface area (Å²) in [5, 5.41) is 0. The van der Waals surface area contributed by atoms with Crippen LogP contribution in [0.3, 0.4) is 0 Å². The first-order valence-corrected chi connectivity index (χ1v) is 12.4. The lowest BCUT2D eigenvalue weighted by Gasteiger charge is -2.35. The van der Waals surface area contributed by atoms with Gasteiger partial charge in [0.1, 0.15) is 0 Å². The van der Waals surface area contributed by atoms with E-state index in [2.05, 4.69) is 20.0 Å². The van der Waals surface area contributed by atoms with Crippen molar-refractivity contribution in [2.45, 2.75) is 32.6 Å². The third kappa shape index (κ3) is 5.72. The van der Waals surface area contributed by atoms with Crippen molar-refractivity contribution in [3.05, 3.63) is 0 Å². The maximum absolute atomic E-state index is 9.93. The standard InChI is InChI=1S/C8H24O6Si3/c1-8-15(5,6)13-16(7,10-2)14-17(9,11-3)12-4/h9H,8H2,1-7H3. The summed E-state index contributed by atoms with van der Waals surface area (Å²) in [6.07, 6.45) is 0. The van der Waals surface area contributed by atoms with E-state index in [1.54, 1.807) is 6.55 Å². The van der Waals surface area contributed by atoms with Crippen molar-refractivity contribution in [3.63, 3.8) is 0 Å². The Morgan fingerprint density at radius 2 is 1.35 bits per heavy atom. The molecule has 0 saturated heterocycles. The first-order chi connectivity index (χ1) is 7.66. The van der Waals surface area contributed by atoms with E-state index in [-0.39, 0.29) is 0 Å². The maximum atomic E-state index is 9.93. The molecular weight excluding hydrogens is 276 g/mol. The normalized spacial score (nSPS) is 16.9. The molecule has 6 nitrogen and oxygen atoms in total. The molecule has 0 aliphatic carbocycles. The highest BCUT2D eigenvalue weighted by Gasteiger charge is 2.52. The summed E-state index contributed by atoms with van der Waals surface area (Å²) in [6, 6.07) is 0.933. The van der Waals surface area contributed by atoms with Crippen LogP contribution in [0.15, 0.2) is 0 Å². The minimum Gasteiger partial charge on any atom is -0.416 e. The SMILES string of the molecule is CC[Si](C)(C)O[Si](C)(OC)O[Si](O)(OC)OC. The van der Waals surface area contributed by atoms with Gasteiger partial charge in [0.15, 0.2) is 8.32 Å². The van der Waals surface area contributed by atoms with Crippen LogP contribution in [0.1, 0.15) is 6.92 Å². The molecule has 0 radical (unpaired) electrons. The fraction of sp³-hybridized carbons (Fsp3) is 1.00. The Kier molecular flexibility index (Phi) is 6.70. The van der Waals surface area contributed by atoms with Gasteiger partial charge in [-0.05, 0) is 19.1 Å². The van der Waals surface area contributed by atoms with Crippen LogP contribution in [-0.2, 0) is 21.5 Å². The van der Waals surface area contributed by atoms with Crippen molar-refractivity contribution in [3.8, 4) is 0 Å². The lowest BCUT2D eigenvalue weighted by molar-refractivity contribution is 0.0408. The smallest absolute Gasteiger partial charge is 0.416 e. The van der Waals surface area contributed by atoms with Gasteiger partial charge in [-0.2, -0.15) is 0 Å². The van der Waals surface area contributed by atoms with Gasteiger partial charge in [0.05, 0.1) is 0 Å². The monoisotopic (exact) mass is 300 g/mol. The molecule has 1 atom stereocenters. The van der Waals surface area contributed by atoms with Crippen LogP contribution in [0.25, 0.3) is 0 Å². The van der Waals surface area contributed by atoms with E-state index in [1.165, 1.54) is 21.3 Å². The van der Waals surface area contributed by atoms with E-state index in [4.69, 9.17) is 21.5 Å². The topological polar surface area (TPSA) is 66.4 Å². The second-order valence-electron chi connectivity index (χ2n) is 4.32. The maximum Gasteiger partial charge on any atom is 0.668 e. The third-order valence-corrected chi connectivity index (χ3v) is 12.2. The zero-order valence-corrected chi connectivity index (χ0v) is 14.7. The summed E-state index contributed by atoms with van der Waals surface area (Å²) in [4.78, 5) is 9.93. The van der Waals surface area contributed by atoms with Crippen molar-refractivity contribution >= 4 is 26.2 Å². The minimum atomic E-state index is -3.63. The van der Waals surface area contributed by atoms with Gasteiger partial charge in [-0.25, -0.2) is 0 Å². The Bertz CT molecular complexity index is 235.